The molecule has 1 saturated heterocycles. The van der Waals surface area contributed by atoms with Crippen molar-refractivity contribution in [1.29, 1.82) is 0 Å². The topological polar surface area (TPSA) is 56.0 Å². The number of likely N-dealkylation sites (tertiary alicyclic amines) is 1. The third-order valence-corrected chi connectivity index (χ3v) is 7.21. The standard InChI is InChI=1S/C23H29N5OS/c29-22-20-19-12-6-2-9-15-27(19)23(30-17-16-26-13-7-3-8-14-26)24-21(20)25-28(22)18-10-4-1-5-11-18/h1,4-5,10-11H,2-3,6-9,12-17H2. The molecule has 4 heterocycles. The molecule has 1 fully saturated rings. The first-order valence-electron chi connectivity index (χ1n) is 11.2. The molecule has 1 aromatic carbocycles. The summed E-state index contributed by atoms with van der Waals surface area (Å²) in [5, 5.41) is 5.66. The Balaban J connectivity index is 1.50. The summed E-state index contributed by atoms with van der Waals surface area (Å²) < 4.78 is 3.83. The van der Waals surface area contributed by atoms with Crippen molar-refractivity contribution in [3.8, 4) is 17.1 Å². The van der Waals surface area contributed by atoms with E-state index in [0.717, 1.165) is 54.6 Å². The van der Waals surface area contributed by atoms with Gasteiger partial charge in [-0.05, 0) is 57.3 Å². The van der Waals surface area contributed by atoms with Crippen molar-refractivity contribution in [1.82, 2.24) is 24.2 Å². The molecule has 0 saturated carbocycles. The lowest BCUT2D eigenvalue weighted by Crippen LogP contribution is -2.31. The van der Waals surface area contributed by atoms with Crippen LogP contribution in [-0.2, 0) is 13.0 Å². The first kappa shape index (κ1) is 19.8. The highest BCUT2D eigenvalue weighted by Crippen LogP contribution is 2.30. The van der Waals surface area contributed by atoms with Gasteiger partial charge in [-0.2, -0.15) is 4.68 Å². The lowest BCUT2D eigenvalue weighted by molar-refractivity contribution is 0.242. The number of benzene rings is 1. The molecular formula is C23H29N5OS. The fourth-order valence-electron chi connectivity index (χ4n) is 4.66. The van der Waals surface area contributed by atoms with Crippen molar-refractivity contribution in [2.45, 2.75) is 56.6 Å². The molecule has 4 aliphatic rings. The summed E-state index contributed by atoms with van der Waals surface area (Å²) in [5.41, 5.74) is 2.60. The van der Waals surface area contributed by atoms with Crippen molar-refractivity contribution < 1.29 is 0 Å². The van der Waals surface area contributed by atoms with Crippen molar-refractivity contribution in [2.75, 3.05) is 25.4 Å². The highest BCUT2D eigenvalue weighted by molar-refractivity contribution is 7.99. The van der Waals surface area contributed by atoms with Gasteiger partial charge in [0.15, 0.2) is 11.0 Å². The van der Waals surface area contributed by atoms with Gasteiger partial charge in [0, 0.05) is 24.5 Å². The molecule has 1 aromatic rings. The molecule has 0 unspecified atom stereocenters. The van der Waals surface area contributed by atoms with E-state index in [1.54, 1.807) is 0 Å². The van der Waals surface area contributed by atoms with Gasteiger partial charge in [0.2, 0.25) is 0 Å². The molecule has 5 rings (SSSR count). The van der Waals surface area contributed by atoms with Gasteiger partial charge >= 0.3 is 0 Å². The van der Waals surface area contributed by atoms with Gasteiger partial charge < -0.3 is 9.47 Å². The van der Waals surface area contributed by atoms with Crippen molar-refractivity contribution in [3.05, 3.63) is 46.4 Å². The Morgan fingerprint density at radius 1 is 0.933 bits per heavy atom. The van der Waals surface area contributed by atoms with Gasteiger partial charge in [-0.1, -0.05) is 42.8 Å². The highest BCUT2D eigenvalue weighted by atomic mass is 32.2. The maximum Gasteiger partial charge on any atom is 0.284 e. The predicted molar refractivity (Wildman–Crippen MR) is 121 cm³/mol. The minimum absolute atomic E-state index is 0.0424. The monoisotopic (exact) mass is 423 g/mol. The summed E-state index contributed by atoms with van der Waals surface area (Å²) in [7, 11) is 0. The summed E-state index contributed by atoms with van der Waals surface area (Å²) in [6.45, 7) is 4.49. The third kappa shape index (κ3) is 3.93. The zero-order valence-electron chi connectivity index (χ0n) is 17.4. The Hall–Kier alpha value is -2.12. The summed E-state index contributed by atoms with van der Waals surface area (Å²) in [4.78, 5) is 20.7. The number of piperidine rings is 1. The van der Waals surface area contributed by atoms with Crippen LogP contribution in [0.2, 0.25) is 0 Å². The van der Waals surface area contributed by atoms with E-state index in [9.17, 15) is 4.79 Å². The van der Waals surface area contributed by atoms with Gasteiger partial charge in [-0.25, -0.2) is 4.98 Å². The molecule has 0 atom stereocenters. The molecular weight excluding hydrogens is 394 g/mol. The van der Waals surface area contributed by atoms with E-state index in [4.69, 9.17) is 4.98 Å². The summed E-state index contributed by atoms with van der Waals surface area (Å²) in [5.74, 6) is 1.62. The van der Waals surface area contributed by atoms with Gasteiger partial charge in [-0.3, -0.25) is 4.79 Å². The second-order valence-corrected chi connectivity index (χ2v) is 9.37. The molecule has 4 aliphatic heterocycles. The summed E-state index contributed by atoms with van der Waals surface area (Å²) >= 11 is 1.82. The zero-order valence-corrected chi connectivity index (χ0v) is 18.2. The molecule has 0 N–H and O–H groups in total. The number of hydrogen-bond donors (Lipinski definition) is 0. The molecule has 30 heavy (non-hydrogen) atoms. The smallest absolute Gasteiger partial charge is 0.284 e. The predicted octanol–water partition coefficient (Wildman–Crippen LogP) is 3.84. The van der Waals surface area contributed by atoms with E-state index < -0.39 is 0 Å². The average molecular weight is 424 g/mol. The average Bonchev–Trinajstić information content (AvgIpc) is 2.95. The Bertz CT molecular complexity index is 1020. The second-order valence-electron chi connectivity index (χ2n) is 8.31. The maximum atomic E-state index is 13.3. The van der Waals surface area contributed by atoms with Crippen molar-refractivity contribution in [2.24, 2.45) is 0 Å². The quantitative estimate of drug-likeness (QED) is 0.461. The molecule has 0 bridgehead atoms. The van der Waals surface area contributed by atoms with Crippen LogP contribution in [-0.4, -0.2) is 49.6 Å². The fourth-order valence-corrected chi connectivity index (χ4v) is 5.70. The van der Waals surface area contributed by atoms with Crippen LogP contribution in [0.3, 0.4) is 0 Å². The Kier molecular flexibility index (Phi) is 5.91. The van der Waals surface area contributed by atoms with Crippen LogP contribution in [0.15, 0.2) is 40.3 Å². The molecule has 0 aromatic heterocycles. The third-order valence-electron chi connectivity index (χ3n) is 6.25. The summed E-state index contributed by atoms with van der Waals surface area (Å²) in [6, 6.07) is 9.67. The van der Waals surface area contributed by atoms with Gasteiger partial charge in [-0.15, -0.1) is 5.10 Å². The second kappa shape index (κ2) is 8.94. The van der Waals surface area contributed by atoms with Crippen LogP contribution < -0.4 is 5.56 Å². The van der Waals surface area contributed by atoms with E-state index in [0.29, 0.717) is 11.4 Å². The SMILES string of the molecule is O=c1c2c3n(c(SCCN4CCCCC4)nc-2nn1-c1ccccc1)CCCCC3. The lowest BCUT2D eigenvalue weighted by Gasteiger charge is -2.26. The van der Waals surface area contributed by atoms with E-state index in [2.05, 4.69) is 14.6 Å². The number of para-hydroxylation sites is 1. The van der Waals surface area contributed by atoms with E-state index >= 15 is 0 Å². The van der Waals surface area contributed by atoms with Crippen LogP contribution in [0.1, 0.15) is 44.2 Å². The normalized spacial score (nSPS) is 17.7. The van der Waals surface area contributed by atoms with Crippen LogP contribution >= 0.6 is 11.8 Å². The minimum Gasteiger partial charge on any atom is -0.324 e. The molecule has 0 aliphatic carbocycles. The highest BCUT2D eigenvalue weighted by Gasteiger charge is 2.27. The lowest BCUT2D eigenvalue weighted by atomic mass is 10.1. The molecule has 6 nitrogen and oxygen atoms in total. The maximum absolute atomic E-state index is 13.3. The van der Waals surface area contributed by atoms with Crippen LogP contribution in [0.5, 0.6) is 0 Å². The van der Waals surface area contributed by atoms with Crippen LogP contribution in [0.4, 0.5) is 0 Å². The number of hydrogen-bond acceptors (Lipinski definition) is 5. The first-order chi connectivity index (χ1) is 14.8. The largest absolute Gasteiger partial charge is 0.324 e. The fraction of sp³-hybridized carbons (Fsp3) is 0.522. The summed E-state index contributed by atoms with van der Waals surface area (Å²) in [6.07, 6.45) is 8.40. The number of rotatable bonds is 5. The molecule has 7 heteroatoms. The van der Waals surface area contributed by atoms with E-state index in [1.165, 1.54) is 43.5 Å². The van der Waals surface area contributed by atoms with Crippen LogP contribution in [0, 0.1) is 0 Å². The Labute approximate surface area is 181 Å². The molecule has 0 radical (unpaired) electrons. The van der Waals surface area contributed by atoms with Crippen molar-refractivity contribution in [3.63, 3.8) is 0 Å². The molecule has 0 spiro atoms. The number of nitrogens with zero attached hydrogens (tertiary/aromatic N) is 5. The van der Waals surface area contributed by atoms with Crippen LogP contribution in [0.25, 0.3) is 17.1 Å². The van der Waals surface area contributed by atoms with Gasteiger partial charge in [0.25, 0.3) is 5.56 Å². The molecule has 0 amide bonds. The van der Waals surface area contributed by atoms with Gasteiger partial charge in [0.1, 0.15) is 5.56 Å². The Morgan fingerprint density at radius 3 is 2.53 bits per heavy atom. The minimum atomic E-state index is -0.0424. The first-order valence-corrected chi connectivity index (χ1v) is 12.2. The Morgan fingerprint density at radius 2 is 1.70 bits per heavy atom. The number of thioether (sulfide) groups is 1. The number of aromatic nitrogens is 4. The molecule has 158 valence electrons. The van der Waals surface area contributed by atoms with E-state index in [1.807, 2.05) is 42.1 Å². The van der Waals surface area contributed by atoms with Crippen molar-refractivity contribution >= 4 is 11.8 Å². The number of fused-ring (bicyclic) bond motifs is 3. The van der Waals surface area contributed by atoms with Gasteiger partial charge in [0.05, 0.1) is 5.69 Å². The van der Waals surface area contributed by atoms with E-state index in [-0.39, 0.29) is 5.56 Å². The zero-order chi connectivity index (χ0) is 20.3.